The summed E-state index contributed by atoms with van der Waals surface area (Å²) in [4.78, 5) is 198. The third-order valence-corrected chi connectivity index (χ3v) is 14.5. The predicted molar refractivity (Wildman–Crippen MR) is 309 cm³/mol. The first kappa shape index (κ1) is 75.1. The molecule has 2 rings (SSSR count). The minimum Gasteiger partial charge on any atom is -0.481 e. The molecule has 18 N–H and O–H groups in total. The molecule has 32 heteroatoms. The summed E-state index contributed by atoms with van der Waals surface area (Å²) < 4.78 is 0. The van der Waals surface area contributed by atoms with Crippen LogP contribution >= 0.6 is 0 Å². The number of hydrogen-bond acceptors (Lipinski definition) is 17. The maximum Gasteiger partial charge on any atom is 0.326 e. The molecule has 0 aromatic carbocycles. The summed E-state index contributed by atoms with van der Waals surface area (Å²) in [5.74, 6) is -15.9. The second kappa shape index (κ2) is 36.8. The van der Waals surface area contributed by atoms with Crippen molar-refractivity contribution in [3.63, 3.8) is 0 Å². The van der Waals surface area contributed by atoms with Gasteiger partial charge in [-0.1, -0.05) is 41.5 Å². The fourth-order valence-electron chi connectivity index (χ4n) is 9.46. The number of primary amides is 1. The Morgan fingerprint density at radius 2 is 0.977 bits per heavy atom. The highest BCUT2D eigenvalue weighted by molar-refractivity contribution is 6.00. The van der Waals surface area contributed by atoms with E-state index in [1.165, 1.54) is 25.7 Å². The van der Waals surface area contributed by atoms with Crippen LogP contribution in [0.1, 0.15) is 146 Å². The molecule has 0 saturated carbocycles. The molecule has 2 aliphatic rings. The summed E-state index contributed by atoms with van der Waals surface area (Å²) in [7, 11) is 0. The Morgan fingerprint density at radius 1 is 0.494 bits per heavy atom. The number of amides is 12. The molecule has 0 aliphatic carbocycles. The fourth-order valence-corrected chi connectivity index (χ4v) is 9.46. The first-order chi connectivity index (χ1) is 40.7. The number of carboxylic acids is 3. The zero-order valence-corrected chi connectivity index (χ0v) is 51.0. The van der Waals surface area contributed by atoms with Crippen LogP contribution in [0.4, 0.5) is 0 Å². The van der Waals surface area contributed by atoms with Crippen molar-refractivity contribution in [2.24, 2.45) is 29.2 Å². The van der Waals surface area contributed by atoms with Crippen LogP contribution in [0.3, 0.4) is 0 Å². The second-order valence-corrected chi connectivity index (χ2v) is 23.1. The Hall–Kier alpha value is -8.03. The van der Waals surface area contributed by atoms with Gasteiger partial charge in [-0.2, -0.15) is 0 Å². The van der Waals surface area contributed by atoms with Crippen molar-refractivity contribution >= 4 is 88.8 Å². The number of nitrogens with zero attached hydrogens (tertiary/aromatic N) is 1. The zero-order chi connectivity index (χ0) is 66.0. The maximum atomic E-state index is 14.1. The molecule has 490 valence electrons. The molecule has 0 unspecified atom stereocenters. The number of carbonyl (C=O) groups is 15. The van der Waals surface area contributed by atoms with Gasteiger partial charge in [-0.15, -0.1) is 0 Å². The summed E-state index contributed by atoms with van der Waals surface area (Å²) in [6.45, 7) is 14.9. The normalized spacial score (nSPS) is 18.1. The van der Waals surface area contributed by atoms with Crippen molar-refractivity contribution in [3.05, 3.63) is 0 Å². The quantitative estimate of drug-likeness (QED) is 0.0261. The molecule has 0 aromatic heterocycles. The lowest BCUT2D eigenvalue weighted by Crippen LogP contribution is -2.61. The van der Waals surface area contributed by atoms with E-state index >= 15 is 0 Å². The standard InChI is InChI=1S/C55H92N14O18/c1-26(2)24-36(50(81)67-43(28(5)6)53(84)63-33(14-10-11-21-56)48(79)62-34(17-19-39(57)70)49(80)66-37(55(86)87)25-41(73)74)65-46(77)31(9)61-52(83)42(27(3)4)68-51(82)38-16-13-23-69(38)54(85)35(18-20-40(71)72)64-45(76)30(8)59-44(75)29(7)60-47(78)32-15-12-22-58-32/h26-38,42-43,58H,10-25,56H2,1-9H3,(H2,57,70)(H,59,75)(H,60,78)(H,61,83)(H,62,79)(H,63,84)(H,64,76)(H,65,77)(H,66,80)(H,67,81)(H,68,82)(H,71,72)(H,73,74)(H,86,87)/t29-,30-,31-,32-,33-,34-,35-,36-,37-,38-,42-,43-/m0/s1. The summed E-state index contributed by atoms with van der Waals surface area (Å²) in [6.07, 6.45) is -0.443. The van der Waals surface area contributed by atoms with Crippen LogP contribution in [0.15, 0.2) is 0 Å². The minimum atomic E-state index is -1.91. The Labute approximate surface area is 505 Å². The van der Waals surface area contributed by atoms with Gasteiger partial charge in [-0.05, 0) is 116 Å². The van der Waals surface area contributed by atoms with Crippen LogP contribution in [-0.4, -0.2) is 201 Å². The van der Waals surface area contributed by atoms with Gasteiger partial charge in [-0.3, -0.25) is 67.1 Å². The maximum absolute atomic E-state index is 14.1. The van der Waals surface area contributed by atoms with E-state index in [4.69, 9.17) is 16.6 Å². The van der Waals surface area contributed by atoms with E-state index in [-0.39, 0.29) is 57.0 Å². The van der Waals surface area contributed by atoms with Crippen LogP contribution in [0.2, 0.25) is 0 Å². The molecule has 12 atom stereocenters. The molecule has 0 bridgehead atoms. The predicted octanol–water partition coefficient (Wildman–Crippen LogP) is -4.19. The number of rotatable bonds is 38. The number of carboxylic acid groups (broad SMARTS) is 3. The number of likely N-dealkylation sites (tertiary alicyclic amines) is 1. The van der Waals surface area contributed by atoms with Crippen molar-refractivity contribution in [3.8, 4) is 0 Å². The molecule has 12 amide bonds. The van der Waals surface area contributed by atoms with E-state index in [1.807, 2.05) is 5.32 Å². The molecule has 87 heavy (non-hydrogen) atoms. The van der Waals surface area contributed by atoms with Gasteiger partial charge in [0.25, 0.3) is 0 Å². The lowest BCUT2D eigenvalue weighted by atomic mass is 9.98. The second-order valence-electron chi connectivity index (χ2n) is 23.1. The topological polar surface area (TPSA) is 504 Å². The largest absolute Gasteiger partial charge is 0.481 e. The van der Waals surface area contributed by atoms with Crippen LogP contribution < -0.4 is 70.0 Å². The number of aliphatic carboxylic acids is 3. The summed E-state index contributed by atoms with van der Waals surface area (Å²) >= 11 is 0. The number of nitrogens with one attached hydrogen (secondary N) is 11. The Kier molecular flexibility index (Phi) is 31.8. The van der Waals surface area contributed by atoms with E-state index in [0.29, 0.717) is 25.8 Å². The SMILES string of the molecule is CC(C)C[C@H](NC(=O)[C@H](C)NC(=O)[C@@H](NC(=O)[C@@H]1CCCN1C(=O)[C@H](CCC(=O)O)NC(=O)[C@H](C)NC(=O)[C@H](C)NC(=O)[C@@H]1CCCN1)C(C)C)C(=O)N[C@H](C(=O)N[C@@H](CCCCN)C(=O)N[C@@H](CCC(N)=O)C(=O)N[C@@H](CC(=O)O)C(=O)O)C(C)C. The summed E-state index contributed by atoms with van der Waals surface area (Å²) in [6, 6.07) is -15.7. The van der Waals surface area contributed by atoms with Crippen molar-refractivity contribution < 1.29 is 87.2 Å². The molecular formula is C55H92N14O18. The van der Waals surface area contributed by atoms with Gasteiger partial charge in [0.15, 0.2) is 0 Å². The summed E-state index contributed by atoms with van der Waals surface area (Å²) in [5, 5.41) is 56.2. The molecule has 2 fully saturated rings. The number of hydrogen-bond donors (Lipinski definition) is 16. The van der Waals surface area contributed by atoms with Crippen LogP contribution in [0.25, 0.3) is 0 Å². The Bertz CT molecular complexity index is 2470. The van der Waals surface area contributed by atoms with E-state index in [1.54, 1.807) is 41.5 Å². The van der Waals surface area contributed by atoms with Gasteiger partial charge in [0, 0.05) is 19.4 Å². The van der Waals surface area contributed by atoms with Gasteiger partial charge >= 0.3 is 17.9 Å². The van der Waals surface area contributed by atoms with Crippen molar-refractivity contribution in [1.82, 2.24) is 63.4 Å². The summed E-state index contributed by atoms with van der Waals surface area (Å²) in [5.41, 5.74) is 11.0. The van der Waals surface area contributed by atoms with Gasteiger partial charge in [-0.25, -0.2) is 4.79 Å². The lowest BCUT2D eigenvalue weighted by molar-refractivity contribution is -0.147. The Morgan fingerprint density at radius 3 is 1.49 bits per heavy atom. The number of unbranched alkanes of at least 4 members (excludes halogenated alkanes) is 1. The number of nitrogens with two attached hydrogens (primary N) is 2. The average Bonchev–Trinajstić information content (AvgIpc) is 2.36. The van der Waals surface area contributed by atoms with Crippen molar-refractivity contribution in [1.29, 1.82) is 0 Å². The van der Waals surface area contributed by atoms with Crippen molar-refractivity contribution in [2.75, 3.05) is 19.6 Å². The van der Waals surface area contributed by atoms with Crippen LogP contribution in [0.5, 0.6) is 0 Å². The molecule has 2 saturated heterocycles. The highest BCUT2D eigenvalue weighted by Crippen LogP contribution is 2.21. The number of carbonyl (C=O) groups excluding carboxylic acids is 12. The van der Waals surface area contributed by atoms with E-state index in [9.17, 15) is 82.1 Å². The average molecular weight is 1240 g/mol. The van der Waals surface area contributed by atoms with Crippen LogP contribution in [0, 0.1) is 17.8 Å². The monoisotopic (exact) mass is 1240 g/mol. The van der Waals surface area contributed by atoms with E-state index in [2.05, 4.69) is 53.2 Å². The van der Waals surface area contributed by atoms with Crippen molar-refractivity contribution in [2.45, 2.75) is 218 Å². The fraction of sp³-hybridized carbons (Fsp3) is 0.727. The minimum absolute atomic E-state index is 0.0214. The van der Waals surface area contributed by atoms with E-state index < -0.39 is 193 Å². The molecule has 0 radical (unpaired) electrons. The van der Waals surface area contributed by atoms with Gasteiger partial charge < -0.3 is 90.2 Å². The molecule has 2 aliphatic heterocycles. The highest BCUT2D eigenvalue weighted by Gasteiger charge is 2.41. The first-order valence-electron chi connectivity index (χ1n) is 29.4. The first-order valence-corrected chi connectivity index (χ1v) is 29.4. The molecule has 0 aromatic rings. The third-order valence-electron chi connectivity index (χ3n) is 14.5. The van der Waals surface area contributed by atoms with Gasteiger partial charge in [0.05, 0.1) is 12.5 Å². The Balaban J connectivity index is 2.24. The lowest BCUT2D eigenvalue weighted by Gasteiger charge is -2.31. The highest BCUT2D eigenvalue weighted by atomic mass is 16.4. The molecule has 2 heterocycles. The van der Waals surface area contributed by atoms with Crippen LogP contribution in [-0.2, 0) is 71.9 Å². The van der Waals surface area contributed by atoms with Gasteiger partial charge in [0.2, 0.25) is 70.9 Å². The molecule has 32 nitrogen and oxygen atoms in total. The molecular weight excluding hydrogens is 1140 g/mol. The molecule has 0 spiro atoms. The zero-order valence-electron chi connectivity index (χ0n) is 51.0. The smallest absolute Gasteiger partial charge is 0.326 e. The third kappa shape index (κ3) is 25.8. The van der Waals surface area contributed by atoms with Gasteiger partial charge in [0.1, 0.15) is 66.5 Å². The van der Waals surface area contributed by atoms with E-state index in [0.717, 1.165) is 6.42 Å².